The molecule has 0 aromatic carbocycles. The van der Waals surface area contributed by atoms with E-state index in [9.17, 15) is 0 Å². The van der Waals surface area contributed by atoms with Crippen LogP contribution in [-0.2, 0) is 6.54 Å². The van der Waals surface area contributed by atoms with Crippen LogP contribution in [0.15, 0.2) is 12.5 Å². The van der Waals surface area contributed by atoms with Crippen LogP contribution >= 0.6 is 0 Å². The Hall–Kier alpha value is -0.830. The second-order valence-electron chi connectivity index (χ2n) is 5.78. The third-order valence-corrected chi connectivity index (χ3v) is 4.56. The molecule has 0 saturated heterocycles. The van der Waals surface area contributed by atoms with Gasteiger partial charge in [-0.05, 0) is 31.1 Å². The number of nitrogens with two attached hydrogens (primary N) is 1. The van der Waals surface area contributed by atoms with Gasteiger partial charge in [0.15, 0.2) is 0 Å². The lowest BCUT2D eigenvalue weighted by atomic mass is 9.81. The minimum atomic E-state index is 0.138. The molecule has 0 unspecified atom stereocenters. The molecule has 2 N–H and O–H groups in total. The van der Waals surface area contributed by atoms with Gasteiger partial charge in [-0.3, -0.25) is 0 Å². The van der Waals surface area contributed by atoms with Gasteiger partial charge in [0.2, 0.25) is 0 Å². The van der Waals surface area contributed by atoms with Crippen LogP contribution in [0.4, 0.5) is 0 Å². The molecule has 0 radical (unpaired) electrons. The summed E-state index contributed by atoms with van der Waals surface area (Å²) in [5, 5.41) is 0. The normalized spacial score (nSPS) is 26.2. The van der Waals surface area contributed by atoms with Gasteiger partial charge in [0.05, 0.1) is 12.0 Å². The van der Waals surface area contributed by atoms with Crippen molar-refractivity contribution in [3.8, 4) is 0 Å². The van der Waals surface area contributed by atoms with E-state index in [0.717, 1.165) is 24.8 Å². The van der Waals surface area contributed by atoms with Crippen molar-refractivity contribution in [1.29, 1.82) is 0 Å². The standard InChI is InChI=1S/C15H27N3/c1-3-12-5-7-13(8-6-12)10-18-11-17-9-15(18)14(16)4-2/h9,11-14H,3-8,10,16H2,1-2H3/t12?,13?,14-/m1/s1. The Morgan fingerprint density at radius 2 is 1.94 bits per heavy atom. The van der Waals surface area contributed by atoms with Crippen molar-refractivity contribution in [2.75, 3.05) is 0 Å². The van der Waals surface area contributed by atoms with Crippen LogP contribution in [-0.4, -0.2) is 9.55 Å². The monoisotopic (exact) mass is 249 g/mol. The van der Waals surface area contributed by atoms with Gasteiger partial charge >= 0.3 is 0 Å². The summed E-state index contributed by atoms with van der Waals surface area (Å²) in [6.07, 6.45) is 11.8. The molecular formula is C15H27N3. The summed E-state index contributed by atoms with van der Waals surface area (Å²) in [6, 6.07) is 0.138. The molecule has 3 heteroatoms. The summed E-state index contributed by atoms with van der Waals surface area (Å²) >= 11 is 0. The van der Waals surface area contributed by atoms with E-state index in [1.165, 1.54) is 37.8 Å². The van der Waals surface area contributed by atoms with Crippen molar-refractivity contribution in [3.05, 3.63) is 18.2 Å². The summed E-state index contributed by atoms with van der Waals surface area (Å²) in [6.45, 7) is 5.56. The van der Waals surface area contributed by atoms with Crippen LogP contribution in [0.25, 0.3) is 0 Å². The molecule has 1 aliphatic carbocycles. The van der Waals surface area contributed by atoms with E-state index in [1.54, 1.807) is 0 Å². The fourth-order valence-electron chi connectivity index (χ4n) is 3.10. The smallest absolute Gasteiger partial charge is 0.0948 e. The van der Waals surface area contributed by atoms with E-state index in [0.29, 0.717) is 0 Å². The van der Waals surface area contributed by atoms with Gasteiger partial charge in [-0.25, -0.2) is 4.98 Å². The van der Waals surface area contributed by atoms with E-state index in [-0.39, 0.29) is 6.04 Å². The van der Waals surface area contributed by atoms with Crippen LogP contribution in [0, 0.1) is 11.8 Å². The molecule has 1 atom stereocenters. The molecule has 1 saturated carbocycles. The SMILES string of the molecule is CCC1CCC(Cn2cncc2[C@H](N)CC)CC1. The van der Waals surface area contributed by atoms with Gasteiger partial charge in [-0.2, -0.15) is 0 Å². The predicted octanol–water partition coefficient (Wildman–Crippen LogP) is 3.51. The maximum atomic E-state index is 6.13. The maximum absolute atomic E-state index is 6.13. The lowest BCUT2D eigenvalue weighted by Gasteiger charge is -2.28. The molecule has 0 aliphatic heterocycles. The minimum absolute atomic E-state index is 0.138. The molecule has 3 nitrogen and oxygen atoms in total. The molecule has 1 aromatic rings. The largest absolute Gasteiger partial charge is 0.333 e. The van der Waals surface area contributed by atoms with E-state index in [4.69, 9.17) is 5.73 Å². The lowest BCUT2D eigenvalue weighted by molar-refractivity contribution is 0.245. The Morgan fingerprint density at radius 1 is 1.28 bits per heavy atom. The molecule has 1 aromatic heterocycles. The van der Waals surface area contributed by atoms with Gasteiger partial charge in [-0.15, -0.1) is 0 Å². The number of imidazole rings is 1. The number of aromatic nitrogens is 2. The summed E-state index contributed by atoms with van der Waals surface area (Å²) in [7, 11) is 0. The van der Waals surface area contributed by atoms with Crippen molar-refractivity contribution in [2.45, 2.75) is 65.0 Å². The van der Waals surface area contributed by atoms with Gasteiger partial charge in [-0.1, -0.05) is 33.1 Å². The van der Waals surface area contributed by atoms with E-state index in [2.05, 4.69) is 23.4 Å². The fourth-order valence-corrected chi connectivity index (χ4v) is 3.10. The van der Waals surface area contributed by atoms with Crippen LogP contribution in [0.3, 0.4) is 0 Å². The summed E-state index contributed by atoms with van der Waals surface area (Å²) in [5.41, 5.74) is 7.33. The van der Waals surface area contributed by atoms with E-state index >= 15 is 0 Å². The Balaban J connectivity index is 1.92. The average molecular weight is 249 g/mol. The predicted molar refractivity (Wildman–Crippen MR) is 75.2 cm³/mol. The first kappa shape index (κ1) is 13.6. The molecule has 0 spiro atoms. The van der Waals surface area contributed by atoms with E-state index in [1.807, 2.05) is 12.5 Å². The third kappa shape index (κ3) is 3.14. The number of hydrogen-bond acceptors (Lipinski definition) is 2. The van der Waals surface area contributed by atoms with Crippen molar-refractivity contribution in [2.24, 2.45) is 17.6 Å². The van der Waals surface area contributed by atoms with Crippen molar-refractivity contribution < 1.29 is 0 Å². The van der Waals surface area contributed by atoms with Crippen LogP contribution in [0.5, 0.6) is 0 Å². The van der Waals surface area contributed by atoms with Crippen LogP contribution in [0.2, 0.25) is 0 Å². The summed E-state index contributed by atoms with van der Waals surface area (Å²) < 4.78 is 2.28. The molecular weight excluding hydrogens is 222 g/mol. The second kappa shape index (κ2) is 6.37. The number of rotatable bonds is 5. The minimum Gasteiger partial charge on any atom is -0.333 e. The average Bonchev–Trinajstić information content (AvgIpc) is 2.87. The molecule has 0 bridgehead atoms. The molecule has 1 aliphatic rings. The number of nitrogens with zero attached hydrogens (tertiary/aromatic N) is 2. The number of hydrogen-bond donors (Lipinski definition) is 1. The van der Waals surface area contributed by atoms with Crippen LogP contribution in [0.1, 0.15) is 64.1 Å². The zero-order valence-corrected chi connectivity index (χ0v) is 11.8. The molecule has 18 heavy (non-hydrogen) atoms. The fraction of sp³-hybridized carbons (Fsp3) is 0.800. The Kier molecular flexibility index (Phi) is 4.81. The zero-order valence-electron chi connectivity index (χ0n) is 11.8. The molecule has 2 rings (SSSR count). The van der Waals surface area contributed by atoms with Gasteiger partial charge in [0, 0.05) is 18.8 Å². The highest BCUT2D eigenvalue weighted by molar-refractivity contribution is 5.04. The summed E-state index contributed by atoms with van der Waals surface area (Å²) in [5.74, 6) is 1.80. The zero-order chi connectivity index (χ0) is 13.0. The lowest BCUT2D eigenvalue weighted by Crippen LogP contribution is -2.21. The van der Waals surface area contributed by atoms with E-state index < -0.39 is 0 Å². The topological polar surface area (TPSA) is 43.8 Å². The Labute approximate surface area is 111 Å². The van der Waals surface area contributed by atoms with Crippen LogP contribution < -0.4 is 5.73 Å². The van der Waals surface area contributed by atoms with Gasteiger partial charge < -0.3 is 10.3 Å². The highest BCUT2D eigenvalue weighted by atomic mass is 15.1. The highest BCUT2D eigenvalue weighted by Crippen LogP contribution is 2.32. The van der Waals surface area contributed by atoms with Gasteiger partial charge in [0.1, 0.15) is 0 Å². The van der Waals surface area contributed by atoms with Crippen molar-refractivity contribution >= 4 is 0 Å². The summed E-state index contributed by atoms with van der Waals surface area (Å²) in [4.78, 5) is 4.27. The first-order valence-electron chi connectivity index (χ1n) is 7.50. The molecule has 0 amide bonds. The van der Waals surface area contributed by atoms with Crippen molar-refractivity contribution in [1.82, 2.24) is 9.55 Å². The quantitative estimate of drug-likeness (QED) is 0.868. The Morgan fingerprint density at radius 3 is 2.56 bits per heavy atom. The first-order valence-corrected chi connectivity index (χ1v) is 7.50. The molecule has 102 valence electrons. The second-order valence-corrected chi connectivity index (χ2v) is 5.78. The highest BCUT2D eigenvalue weighted by Gasteiger charge is 2.21. The first-order chi connectivity index (χ1) is 8.74. The maximum Gasteiger partial charge on any atom is 0.0948 e. The van der Waals surface area contributed by atoms with Gasteiger partial charge in [0.25, 0.3) is 0 Å². The molecule has 1 heterocycles. The third-order valence-electron chi connectivity index (χ3n) is 4.56. The molecule has 1 fully saturated rings. The Bertz CT molecular complexity index is 350. The van der Waals surface area contributed by atoms with Crippen molar-refractivity contribution in [3.63, 3.8) is 0 Å².